The zero-order valence-corrected chi connectivity index (χ0v) is 12.2. The summed E-state index contributed by atoms with van der Waals surface area (Å²) in [6, 6.07) is 12.7. The molecule has 19 heavy (non-hydrogen) atoms. The Balaban J connectivity index is 2.00. The second-order valence-corrected chi connectivity index (χ2v) is 5.08. The van der Waals surface area contributed by atoms with Crippen LogP contribution in [0.25, 0.3) is 0 Å². The molecule has 0 aliphatic rings. The van der Waals surface area contributed by atoms with Crippen LogP contribution in [0.2, 0.25) is 0 Å². The summed E-state index contributed by atoms with van der Waals surface area (Å²) in [4.78, 5) is 0. The zero-order valence-electron chi connectivity index (χ0n) is 10.6. The molecule has 0 bridgehead atoms. The van der Waals surface area contributed by atoms with Crippen molar-refractivity contribution in [2.75, 3.05) is 12.4 Å². The lowest BCUT2D eigenvalue weighted by Gasteiger charge is -2.09. The standard InChI is InChI=1S/C15H15BrFNO/c1-19-10-12-4-2-11(3-5-12)9-18-15-8-13(17)6-7-14(15)16/h2-8,18H,9-10H2,1H3. The number of methoxy groups -OCH3 is 1. The molecule has 0 heterocycles. The van der Waals surface area contributed by atoms with Crippen LogP contribution in [0.5, 0.6) is 0 Å². The maximum absolute atomic E-state index is 13.1. The van der Waals surface area contributed by atoms with Gasteiger partial charge in [-0.05, 0) is 45.3 Å². The Bertz CT molecular complexity index is 542. The third-order valence-corrected chi connectivity index (χ3v) is 3.44. The SMILES string of the molecule is COCc1ccc(CNc2cc(F)ccc2Br)cc1. The minimum atomic E-state index is -0.249. The van der Waals surface area contributed by atoms with Gasteiger partial charge in [0.05, 0.1) is 12.3 Å². The van der Waals surface area contributed by atoms with E-state index in [4.69, 9.17) is 4.74 Å². The van der Waals surface area contributed by atoms with Crippen LogP contribution in [0.1, 0.15) is 11.1 Å². The first-order valence-corrected chi connectivity index (χ1v) is 6.74. The molecule has 0 unspecified atom stereocenters. The van der Waals surface area contributed by atoms with Crippen LogP contribution in [0.15, 0.2) is 46.9 Å². The quantitative estimate of drug-likeness (QED) is 0.883. The lowest BCUT2D eigenvalue weighted by molar-refractivity contribution is 0.185. The average molecular weight is 324 g/mol. The highest BCUT2D eigenvalue weighted by Gasteiger charge is 2.01. The number of benzene rings is 2. The Morgan fingerprint density at radius 1 is 1.11 bits per heavy atom. The number of halogens is 2. The third kappa shape index (κ3) is 4.04. The van der Waals surface area contributed by atoms with Crippen LogP contribution in [0.3, 0.4) is 0 Å². The maximum atomic E-state index is 13.1. The Hall–Kier alpha value is -1.39. The highest BCUT2D eigenvalue weighted by Crippen LogP contribution is 2.23. The van der Waals surface area contributed by atoms with Gasteiger partial charge in [0.2, 0.25) is 0 Å². The fourth-order valence-corrected chi connectivity index (χ4v) is 2.14. The molecule has 2 aromatic carbocycles. The van der Waals surface area contributed by atoms with E-state index in [1.54, 1.807) is 13.2 Å². The van der Waals surface area contributed by atoms with Gasteiger partial charge in [-0.3, -0.25) is 0 Å². The second kappa shape index (κ2) is 6.68. The first-order chi connectivity index (χ1) is 9.19. The monoisotopic (exact) mass is 323 g/mol. The van der Waals surface area contributed by atoms with E-state index in [9.17, 15) is 4.39 Å². The molecule has 0 atom stereocenters. The highest BCUT2D eigenvalue weighted by atomic mass is 79.9. The number of anilines is 1. The second-order valence-electron chi connectivity index (χ2n) is 4.23. The van der Waals surface area contributed by atoms with Gasteiger partial charge in [0.1, 0.15) is 5.82 Å². The number of hydrogen-bond donors (Lipinski definition) is 1. The van der Waals surface area contributed by atoms with Crippen molar-refractivity contribution in [2.45, 2.75) is 13.2 Å². The molecule has 0 fully saturated rings. The fraction of sp³-hybridized carbons (Fsp3) is 0.200. The normalized spacial score (nSPS) is 10.5. The van der Waals surface area contributed by atoms with E-state index in [0.717, 1.165) is 21.3 Å². The molecular formula is C15H15BrFNO. The van der Waals surface area contributed by atoms with Gasteiger partial charge in [0.25, 0.3) is 0 Å². The number of hydrogen-bond acceptors (Lipinski definition) is 2. The van der Waals surface area contributed by atoms with Gasteiger partial charge in [-0.25, -0.2) is 4.39 Å². The van der Waals surface area contributed by atoms with Crippen molar-refractivity contribution in [3.05, 3.63) is 63.9 Å². The average Bonchev–Trinajstić information content (AvgIpc) is 2.42. The van der Waals surface area contributed by atoms with E-state index in [-0.39, 0.29) is 5.82 Å². The Kier molecular flexibility index (Phi) is 4.93. The van der Waals surface area contributed by atoms with Gasteiger partial charge in [-0.15, -0.1) is 0 Å². The summed E-state index contributed by atoms with van der Waals surface area (Å²) in [5.74, 6) is -0.249. The molecule has 0 saturated heterocycles. The lowest BCUT2D eigenvalue weighted by atomic mass is 10.1. The Morgan fingerprint density at radius 2 is 1.79 bits per heavy atom. The lowest BCUT2D eigenvalue weighted by Crippen LogP contribution is -2.00. The van der Waals surface area contributed by atoms with Crippen LogP contribution in [0.4, 0.5) is 10.1 Å². The van der Waals surface area contributed by atoms with Gasteiger partial charge in [0.15, 0.2) is 0 Å². The van der Waals surface area contributed by atoms with E-state index in [2.05, 4.69) is 21.2 Å². The molecule has 2 aromatic rings. The fourth-order valence-electron chi connectivity index (χ4n) is 1.75. The molecule has 0 aromatic heterocycles. The molecule has 0 amide bonds. The summed E-state index contributed by atoms with van der Waals surface area (Å²) in [6.07, 6.45) is 0. The van der Waals surface area contributed by atoms with Gasteiger partial charge in [-0.1, -0.05) is 24.3 Å². The zero-order chi connectivity index (χ0) is 13.7. The molecule has 0 spiro atoms. The molecule has 2 nitrogen and oxygen atoms in total. The smallest absolute Gasteiger partial charge is 0.125 e. The van der Waals surface area contributed by atoms with E-state index in [0.29, 0.717) is 13.2 Å². The molecule has 0 saturated carbocycles. The van der Waals surface area contributed by atoms with E-state index < -0.39 is 0 Å². The Morgan fingerprint density at radius 3 is 2.47 bits per heavy atom. The molecule has 4 heteroatoms. The van der Waals surface area contributed by atoms with Crippen LogP contribution >= 0.6 is 15.9 Å². The molecular weight excluding hydrogens is 309 g/mol. The Labute approximate surface area is 120 Å². The predicted octanol–water partition coefficient (Wildman–Crippen LogP) is 4.35. The maximum Gasteiger partial charge on any atom is 0.125 e. The minimum absolute atomic E-state index is 0.249. The number of rotatable bonds is 5. The molecule has 100 valence electrons. The van der Waals surface area contributed by atoms with Crippen LogP contribution < -0.4 is 5.32 Å². The van der Waals surface area contributed by atoms with Gasteiger partial charge >= 0.3 is 0 Å². The molecule has 2 rings (SSSR count). The van der Waals surface area contributed by atoms with Crippen molar-refractivity contribution in [1.29, 1.82) is 0 Å². The van der Waals surface area contributed by atoms with Crippen molar-refractivity contribution < 1.29 is 9.13 Å². The largest absolute Gasteiger partial charge is 0.380 e. The van der Waals surface area contributed by atoms with E-state index >= 15 is 0 Å². The molecule has 0 aliphatic carbocycles. The van der Waals surface area contributed by atoms with E-state index in [1.165, 1.54) is 12.1 Å². The summed E-state index contributed by atoms with van der Waals surface area (Å²) in [5.41, 5.74) is 3.02. The van der Waals surface area contributed by atoms with Crippen LogP contribution in [-0.4, -0.2) is 7.11 Å². The summed E-state index contributed by atoms with van der Waals surface area (Å²) in [5, 5.41) is 3.20. The van der Waals surface area contributed by atoms with Gasteiger partial charge in [-0.2, -0.15) is 0 Å². The van der Waals surface area contributed by atoms with E-state index in [1.807, 2.05) is 24.3 Å². The van der Waals surface area contributed by atoms with Crippen molar-refractivity contribution >= 4 is 21.6 Å². The van der Waals surface area contributed by atoms with Crippen molar-refractivity contribution in [1.82, 2.24) is 0 Å². The molecule has 1 N–H and O–H groups in total. The third-order valence-electron chi connectivity index (χ3n) is 2.75. The first-order valence-electron chi connectivity index (χ1n) is 5.94. The van der Waals surface area contributed by atoms with Crippen molar-refractivity contribution in [3.63, 3.8) is 0 Å². The minimum Gasteiger partial charge on any atom is -0.380 e. The summed E-state index contributed by atoms with van der Waals surface area (Å²) < 4.78 is 19.1. The van der Waals surface area contributed by atoms with Crippen LogP contribution in [-0.2, 0) is 17.9 Å². The van der Waals surface area contributed by atoms with Crippen LogP contribution in [0, 0.1) is 5.82 Å². The number of nitrogens with one attached hydrogen (secondary N) is 1. The highest BCUT2D eigenvalue weighted by molar-refractivity contribution is 9.10. The summed E-state index contributed by atoms with van der Waals surface area (Å²) >= 11 is 3.39. The van der Waals surface area contributed by atoms with Crippen molar-refractivity contribution in [3.8, 4) is 0 Å². The summed E-state index contributed by atoms with van der Waals surface area (Å²) in [6.45, 7) is 1.26. The van der Waals surface area contributed by atoms with Crippen molar-refractivity contribution in [2.24, 2.45) is 0 Å². The van der Waals surface area contributed by atoms with Gasteiger partial charge < -0.3 is 10.1 Å². The summed E-state index contributed by atoms with van der Waals surface area (Å²) in [7, 11) is 1.68. The molecule has 0 radical (unpaired) electrons. The molecule has 0 aliphatic heterocycles. The topological polar surface area (TPSA) is 21.3 Å². The predicted molar refractivity (Wildman–Crippen MR) is 78.6 cm³/mol. The first kappa shape index (κ1) is 14.0. The number of ether oxygens (including phenoxy) is 1. The van der Waals surface area contributed by atoms with Gasteiger partial charge in [0, 0.05) is 18.1 Å².